The molecule has 0 aromatic rings. The summed E-state index contributed by atoms with van der Waals surface area (Å²) in [4.78, 5) is 1.44. The van der Waals surface area contributed by atoms with Gasteiger partial charge in [-0.15, -0.1) is 0 Å². The zero-order valence-electron chi connectivity index (χ0n) is 9.61. The molecule has 0 radical (unpaired) electrons. The Balaban J connectivity index is 2.18. The Morgan fingerprint density at radius 1 is 1.19 bits per heavy atom. The van der Waals surface area contributed by atoms with E-state index in [1.165, 1.54) is 4.90 Å². The van der Waals surface area contributed by atoms with Gasteiger partial charge < -0.3 is 10.6 Å². The number of hydrogen-bond donors (Lipinski definition) is 2. The second-order valence-corrected chi connectivity index (χ2v) is 4.22. The molecule has 1 rings (SSSR count). The number of rotatable bonds is 8. The van der Waals surface area contributed by atoms with Crippen molar-refractivity contribution in [1.29, 1.82) is 0 Å². The molecule has 1 aliphatic rings. The van der Waals surface area contributed by atoms with E-state index in [-0.39, 0.29) is 0 Å². The van der Waals surface area contributed by atoms with Gasteiger partial charge >= 0.3 is 6.18 Å². The van der Waals surface area contributed by atoms with Crippen LogP contribution in [-0.2, 0) is 0 Å². The Morgan fingerprint density at radius 3 is 2.31 bits per heavy atom. The van der Waals surface area contributed by atoms with Gasteiger partial charge in [-0.25, -0.2) is 0 Å². The average Bonchev–Trinajstić information content (AvgIpc) is 2.95. The largest absolute Gasteiger partial charge is 0.401 e. The summed E-state index contributed by atoms with van der Waals surface area (Å²) in [7, 11) is 1.74. The molecule has 0 atom stereocenters. The number of halogens is 3. The summed E-state index contributed by atoms with van der Waals surface area (Å²) in [5.74, 6) is 0. The van der Waals surface area contributed by atoms with E-state index in [0.29, 0.717) is 32.2 Å². The minimum Gasteiger partial charge on any atom is -0.318 e. The van der Waals surface area contributed by atoms with Crippen molar-refractivity contribution >= 4 is 0 Å². The van der Waals surface area contributed by atoms with Crippen LogP contribution in [0.4, 0.5) is 13.2 Å². The van der Waals surface area contributed by atoms with Crippen LogP contribution >= 0.6 is 0 Å². The molecular weight excluding hydrogens is 219 g/mol. The summed E-state index contributed by atoms with van der Waals surface area (Å²) < 4.78 is 36.7. The first kappa shape index (κ1) is 13.7. The van der Waals surface area contributed by atoms with Crippen molar-refractivity contribution in [1.82, 2.24) is 15.5 Å². The molecule has 0 unspecified atom stereocenters. The van der Waals surface area contributed by atoms with Crippen LogP contribution in [0.1, 0.15) is 12.8 Å². The van der Waals surface area contributed by atoms with E-state index in [0.717, 1.165) is 12.8 Å². The number of likely N-dealkylation sites (N-methyl/N-ethyl adjacent to an activating group) is 1. The van der Waals surface area contributed by atoms with Crippen molar-refractivity contribution in [2.24, 2.45) is 0 Å². The van der Waals surface area contributed by atoms with Gasteiger partial charge in [-0.05, 0) is 19.9 Å². The first-order valence-electron chi connectivity index (χ1n) is 5.68. The molecule has 96 valence electrons. The van der Waals surface area contributed by atoms with E-state index in [2.05, 4.69) is 10.6 Å². The molecule has 1 saturated carbocycles. The molecule has 0 aliphatic heterocycles. The molecule has 0 aromatic heterocycles. The van der Waals surface area contributed by atoms with E-state index < -0.39 is 12.7 Å². The lowest BCUT2D eigenvalue weighted by atomic mass is 10.4. The molecule has 0 bridgehead atoms. The topological polar surface area (TPSA) is 27.3 Å². The minimum absolute atomic E-state index is 0.433. The molecule has 1 fully saturated rings. The Labute approximate surface area is 94.4 Å². The van der Waals surface area contributed by atoms with Gasteiger partial charge in [-0.3, -0.25) is 4.90 Å². The van der Waals surface area contributed by atoms with Crippen LogP contribution in [0.3, 0.4) is 0 Å². The summed E-state index contributed by atoms with van der Waals surface area (Å²) in [5, 5.41) is 6.09. The molecule has 6 heteroatoms. The lowest BCUT2D eigenvalue weighted by molar-refractivity contribution is -0.145. The van der Waals surface area contributed by atoms with Crippen molar-refractivity contribution < 1.29 is 13.2 Å². The van der Waals surface area contributed by atoms with Crippen LogP contribution in [0.15, 0.2) is 0 Å². The number of nitrogens with zero attached hydrogens (tertiary/aromatic N) is 1. The zero-order chi connectivity index (χ0) is 12.0. The molecule has 0 amide bonds. The van der Waals surface area contributed by atoms with E-state index in [1.54, 1.807) is 7.05 Å². The first-order valence-corrected chi connectivity index (χ1v) is 5.68. The third-order valence-corrected chi connectivity index (χ3v) is 2.52. The quantitative estimate of drug-likeness (QED) is 0.657. The van der Waals surface area contributed by atoms with Crippen molar-refractivity contribution in [3.63, 3.8) is 0 Å². The van der Waals surface area contributed by atoms with Gasteiger partial charge in [-0.2, -0.15) is 13.2 Å². The van der Waals surface area contributed by atoms with Crippen LogP contribution in [0, 0.1) is 0 Å². The first-order chi connectivity index (χ1) is 7.51. The third-order valence-electron chi connectivity index (χ3n) is 2.52. The van der Waals surface area contributed by atoms with Gasteiger partial charge in [-0.1, -0.05) is 0 Å². The maximum absolute atomic E-state index is 12.2. The zero-order valence-corrected chi connectivity index (χ0v) is 9.61. The highest BCUT2D eigenvalue weighted by Gasteiger charge is 2.30. The summed E-state index contributed by atoms with van der Waals surface area (Å²) in [6.07, 6.45) is -1.78. The fraction of sp³-hybridized carbons (Fsp3) is 1.00. The van der Waals surface area contributed by atoms with Gasteiger partial charge in [0.15, 0.2) is 0 Å². The number of nitrogens with one attached hydrogen (secondary N) is 2. The summed E-state index contributed by atoms with van der Waals surface area (Å²) in [5.41, 5.74) is 0. The van der Waals surface area contributed by atoms with E-state index in [9.17, 15) is 13.2 Å². The standard InChI is InChI=1S/C10H20F3N3/c1-14-4-6-16(8-10(11,12)13)7-5-15-9-2-3-9/h9,14-15H,2-8H2,1H3. The van der Waals surface area contributed by atoms with Crippen molar-refractivity contribution in [3.05, 3.63) is 0 Å². The molecule has 0 heterocycles. The third kappa shape index (κ3) is 7.03. The monoisotopic (exact) mass is 239 g/mol. The molecule has 1 aliphatic carbocycles. The van der Waals surface area contributed by atoms with Crippen LogP contribution < -0.4 is 10.6 Å². The molecule has 0 saturated heterocycles. The van der Waals surface area contributed by atoms with Gasteiger partial charge in [0, 0.05) is 32.2 Å². The molecular formula is C10H20F3N3. The highest BCUT2D eigenvalue weighted by molar-refractivity contribution is 4.81. The van der Waals surface area contributed by atoms with Crippen molar-refractivity contribution in [2.75, 3.05) is 39.8 Å². The van der Waals surface area contributed by atoms with Gasteiger partial charge in [0.05, 0.1) is 6.54 Å². The lowest BCUT2D eigenvalue weighted by Gasteiger charge is -2.23. The Hall–Kier alpha value is -0.330. The molecule has 16 heavy (non-hydrogen) atoms. The van der Waals surface area contributed by atoms with Gasteiger partial charge in [0.2, 0.25) is 0 Å². The second kappa shape index (κ2) is 6.42. The summed E-state index contributed by atoms with van der Waals surface area (Å²) in [6.45, 7) is 1.30. The fourth-order valence-electron chi connectivity index (χ4n) is 1.51. The predicted octanol–water partition coefficient (Wildman–Crippen LogP) is 0.822. The Morgan fingerprint density at radius 2 is 1.81 bits per heavy atom. The predicted molar refractivity (Wildman–Crippen MR) is 57.4 cm³/mol. The van der Waals surface area contributed by atoms with Gasteiger partial charge in [0.25, 0.3) is 0 Å². The fourth-order valence-corrected chi connectivity index (χ4v) is 1.51. The molecule has 3 nitrogen and oxygen atoms in total. The van der Waals surface area contributed by atoms with Crippen molar-refractivity contribution in [2.45, 2.75) is 25.1 Å². The van der Waals surface area contributed by atoms with Crippen LogP contribution in [0.5, 0.6) is 0 Å². The Kier molecular flexibility index (Phi) is 5.51. The maximum Gasteiger partial charge on any atom is 0.401 e. The maximum atomic E-state index is 12.2. The van der Waals surface area contributed by atoms with E-state index >= 15 is 0 Å². The lowest BCUT2D eigenvalue weighted by Crippen LogP contribution is -2.42. The van der Waals surface area contributed by atoms with Crippen LogP contribution in [-0.4, -0.2) is 56.9 Å². The second-order valence-electron chi connectivity index (χ2n) is 4.22. The molecule has 2 N–H and O–H groups in total. The Bertz CT molecular complexity index is 192. The summed E-state index contributed by atoms with van der Waals surface area (Å²) in [6, 6.07) is 0.553. The van der Waals surface area contributed by atoms with Crippen molar-refractivity contribution in [3.8, 4) is 0 Å². The molecule has 0 spiro atoms. The highest BCUT2D eigenvalue weighted by atomic mass is 19.4. The van der Waals surface area contributed by atoms with Crippen LogP contribution in [0.25, 0.3) is 0 Å². The van der Waals surface area contributed by atoms with Crippen LogP contribution in [0.2, 0.25) is 0 Å². The SMILES string of the molecule is CNCCN(CCNC1CC1)CC(F)(F)F. The summed E-state index contributed by atoms with van der Waals surface area (Å²) >= 11 is 0. The average molecular weight is 239 g/mol. The molecule has 0 aromatic carbocycles. The smallest absolute Gasteiger partial charge is 0.318 e. The van der Waals surface area contributed by atoms with Gasteiger partial charge in [0.1, 0.15) is 0 Å². The minimum atomic E-state index is -4.10. The van der Waals surface area contributed by atoms with E-state index in [4.69, 9.17) is 0 Å². The number of alkyl halides is 3. The highest BCUT2D eigenvalue weighted by Crippen LogP contribution is 2.18. The normalized spacial score (nSPS) is 17.1. The van der Waals surface area contributed by atoms with E-state index in [1.807, 2.05) is 0 Å². The number of hydrogen-bond acceptors (Lipinski definition) is 3.